The number of imidazole rings is 3. The first-order chi connectivity index (χ1) is 34.6. The Morgan fingerprint density at radius 1 is 0.473 bits per heavy atom. The van der Waals surface area contributed by atoms with E-state index in [-0.39, 0.29) is 27.1 Å². The molecule has 0 atom stereocenters. The van der Waals surface area contributed by atoms with Crippen LogP contribution in [0.1, 0.15) is 28.3 Å². The number of nitrogens with two attached hydrogens (primary N) is 1. The maximum absolute atomic E-state index is 13.2. The van der Waals surface area contributed by atoms with E-state index in [2.05, 4.69) is 29.9 Å². The van der Waals surface area contributed by atoms with Crippen molar-refractivity contribution in [2.24, 2.45) is 5.14 Å². The molecule has 6 heterocycles. The van der Waals surface area contributed by atoms with Gasteiger partial charge in [-0.15, -0.1) is 0 Å². The molecule has 0 amide bonds. The summed E-state index contributed by atoms with van der Waals surface area (Å²) in [5, 5.41) is 5.04. The summed E-state index contributed by atoms with van der Waals surface area (Å²) in [4.78, 5) is 24.5. The molecule has 0 radical (unpaired) electrons. The number of benzene rings is 3. The summed E-state index contributed by atoms with van der Waals surface area (Å²) < 4.78 is 152. The van der Waals surface area contributed by atoms with Crippen LogP contribution in [-0.2, 0) is 42.1 Å². The van der Waals surface area contributed by atoms with Crippen molar-refractivity contribution in [3.63, 3.8) is 0 Å². The number of sulfone groups is 2. The molecule has 0 aliphatic carbocycles. The number of aromatic nitrogens is 9. The number of aryl methyl sites for hydroxylation is 3. The third kappa shape index (κ3) is 12.8. The Hall–Kier alpha value is -7.87. The highest BCUT2D eigenvalue weighted by Crippen LogP contribution is 2.35. The van der Waals surface area contributed by atoms with E-state index in [0.717, 1.165) is 41.4 Å². The highest BCUT2D eigenvalue weighted by atomic mass is 32.2. The lowest BCUT2D eigenvalue weighted by Crippen LogP contribution is -2.12. The Balaban J connectivity index is 0.000000163. The molecule has 0 unspecified atom stereocenters. The van der Waals surface area contributed by atoms with Gasteiger partial charge < -0.3 is 0 Å². The van der Waals surface area contributed by atoms with Gasteiger partial charge in [0, 0.05) is 89.8 Å². The topological polar surface area (TPSA) is 221 Å². The second kappa shape index (κ2) is 20.9. The zero-order valence-electron chi connectivity index (χ0n) is 39.5. The molecule has 0 aliphatic heterocycles. The van der Waals surface area contributed by atoms with Gasteiger partial charge in [0.2, 0.25) is 10.0 Å². The van der Waals surface area contributed by atoms with E-state index in [9.17, 15) is 51.6 Å². The lowest BCUT2D eigenvalue weighted by atomic mass is 10.1. The number of nitrogens with zero attached hydrogens (tertiary/aromatic N) is 9. The van der Waals surface area contributed by atoms with E-state index in [4.69, 9.17) is 5.14 Å². The van der Waals surface area contributed by atoms with Gasteiger partial charge in [-0.2, -0.15) is 26.3 Å². The van der Waals surface area contributed by atoms with E-state index in [1.807, 2.05) is 29.8 Å². The normalized spacial score (nSPS) is 12.1. The van der Waals surface area contributed by atoms with Crippen LogP contribution in [-0.4, -0.2) is 81.4 Å². The monoisotopic (exact) mass is 1080 g/mol. The van der Waals surface area contributed by atoms with Crippen molar-refractivity contribution in [3.05, 3.63) is 181 Å². The molecule has 9 aromatic rings. The summed E-state index contributed by atoms with van der Waals surface area (Å²) >= 11 is 0. The minimum Gasteiger partial charge on any atom is -0.299 e. The van der Waals surface area contributed by atoms with Crippen LogP contribution in [0, 0.1) is 20.8 Å². The summed E-state index contributed by atoms with van der Waals surface area (Å²) in [5.41, 5.74) is 3.22. The fraction of sp³-hybridized carbons (Fsp3) is 0.143. The van der Waals surface area contributed by atoms with Gasteiger partial charge in [-0.25, -0.2) is 50.3 Å². The van der Waals surface area contributed by atoms with Crippen LogP contribution in [0.5, 0.6) is 0 Å². The molecule has 0 aliphatic rings. The van der Waals surface area contributed by atoms with E-state index in [1.54, 1.807) is 74.8 Å². The Morgan fingerprint density at radius 3 is 1.39 bits per heavy atom. The molecule has 6 aromatic heterocycles. The zero-order chi connectivity index (χ0) is 54.0. The Bertz CT molecular complexity index is 3810. The molecule has 0 spiro atoms. The molecular weight excluding hydrogens is 1030 g/mol. The van der Waals surface area contributed by atoms with Gasteiger partial charge >= 0.3 is 12.4 Å². The maximum Gasteiger partial charge on any atom is 0.434 e. The molecule has 25 heteroatoms. The molecule has 16 nitrogen and oxygen atoms in total. The predicted octanol–water partition coefficient (Wildman–Crippen LogP) is 9.22. The zero-order valence-corrected chi connectivity index (χ0v) is 41.9. The third-order valence-corrected chi connectivity index (χ3v) is 13.9. The fourth-order valence-corrected chi connectivity index (χ4v) is 8.84. The van der Waals surface area contributed by atoms with E-state index >= 15 is 0 Å². The number of primary sulfonamides is 1. The number of hydrogen-bond acceptors (Lipinski definition) is 12. The fourth-order valence-electron chi connectivity index (χ4n) is 7.06. The van der Waals surface area contributed by atoms with Crippen molar-refractivity contribution in [1.82, 2.24) is 43.6 Å². The van der Waals surface area contributed by atoms with Gasteiger partial charge in [0.25, 0.3) is 0 Å². The van der Waals surface area contributed by atoms with E-state index in [0.29, 0.717) is 33.1 Å². The van der Waals surface area contributed by atoms with Crippen LogP contribution in [0.4, 0.5) is 26.3 Å². The minimum atomic E-state index is -4.63. The van der Waals surface area contributed by atoms with Gasteiger partial charge in [-0.1, -0.05) is 6.07 Å². The SMILES string of the molecule is Cc1cccc(-c2nc(C(F)(F)F)cn2-c2ccc(S(N)(=O)=O)cc2)n1.Cc1ccncc1-c1nc(C(F)(F)F)cn1-c1ccc(S(C)(=O)=O)cc1.Cc1cn(-c2ccc(S(C)(=O)=O)cc2)c(-c2cccnc2)n1. The van der Waals surface area contributed by atoms with Gasteiger partial charge in [-0.05, 0) is 129 Å². The average Bonchev–Trinajstić information content (AvgIpc) is 4.10. The highest BCUT2D eigenvalue weighted by Gasteiger charge is 2.36. The Kier molecular flexibility index (Phi) is 15.2. The summed E-state index contributed by atoms with van der Waals surface area (Å²) in [6.45, 7) is 5.37. The number of rotatable bonds is 9. The van der Waals surface area contributed by atoms with Crippen molar-refractivity contribution in [3.8, 4) is 51.4 Å². The van der Waals surface area contributed by atoms with Crippen molar-refractivity contribution in [2.45, 2.75) is 47.8 Å². The van der Waals surface area contributed by atoms with Crippen molar-refractivity contribution < 1.29 is 51.6 Å². The number of pyridine rings is 3. The predicted molar refractivity (Wildman–Crippen MR) is 262 cm³/mol. The summed E-state index contributed by atoms with van der Waals surface area (Å²) in [6, 6.07) is 27.8. The van der Waals surface area contributed by atoms with Gasteiger partial charge in [0.1, 0.15) is 17.3 Å². The minimum absolute atomic E-state index is 0.00983. The number of sulfonamides is 1. The number of alkyl halides is 6. The molecule has 74 heavy (non-hydrogen) atoms. The van der Waals surface area contributed by atoms with Crippen LogP contribution in [0.2, 0.25) is 0 Å². The Labute approximate surface area is 420 Å². The van der Waals surface area contributed by atoms with Crippen LogP contribution < -0.4 is 5.14 Å². The second-order valence-corrected chi connectivity index (χ2v) is 22.0. The number of halogens is 6. The van der Waals surface area contributed by atoms with E-state index < -0.39 is 53.4 Å². The highest BCUT2D eigenvalue weighted by molar-refractivity contribution is 7.91. The summed E-state index contributed by atoms with van der Waals surface area (Å²) in [5.74, 6) is 0.845. The third-order valence-electron chi connectivity index (χ3n) is 10.7. The molecule has 9 rings (SSSR count). The average molecular weight is 1080 g/mol. The van der Waals surface area contributed by atoms with Crippen molar-refractivity contribution in [2.75, 3.05) is 12.5 Å². The van der Waals surface area contributed by atoms with Gasteiger partial charge in [0.05, 0.1) is 20.4 Å². The van der Waals surface area contributed by atoms with Crippen LogP contribution in [0.25, 0.3) is 51.4 Å². The molecular formula is C49H42F6N10O6S3. The summed E-state index contributed by atoms with van der Waals surface area (Å²) in [7, 11) is -10.5. The molecule has 3 aromatic carbocycles. The quantitative estimate of drug-likeness (QED) is 0.134. The van der Waals surface area contributed by atoms with Gasteiger partial charge in [-0.3, -0.25) is 23.7 Å². The van der Waals surface area contributed by atoms with Crippen LogP contribution >= 0.6 is 0 Å². The van der Waals surface area contributed by atoms with Crippen LogP contribution in [0.3, 0.4) is 0 Å². The van der Waals surface area contributed by atoms with Crippen molar-refractivity contribution in [1.29, 1.82) is 0 Å². The second-order valence-electron chi connectivity index (χ2n) is 16.4. The Morgan fingerprint density at radius 2 is 0.946 bits per heavy atom. The lowest BCUT2D eigenvalue weighted by molar-refractivity contribution is -0.141. The smallest absolute Gasteiger partial charge is 0.299 e. The molecule has 2 N–H and O–H groups in total. The maximum atomic E-state index is 13.2. The lowest BCUT2D eigenvalue weighted by Gasteiger charge is -2.10. The van der Waals surface area contributed by atoms with E-state index in [1.165, 1.54) is 76.3 Å². The first kappa shape index (κ1) is 53.9. The largest absolute Gasteiger partial charge is 0.434 e. The molecule has 0 bridgehead atoms. The molecule has 384 valence electrons. The van der Waals surface area contributed by atoms with Gasteiger partial charge in [0.15, 0.2) is 36.9 Å². The number of hydrogen-bond donors (Lipinski definition) is 1. The standard InChI is InChI=1S/C17H14F3N3O2S.C16H13F3N4O2S.C16H15N3O2S/c1-11-7-8-21-9-14(11)16-22-15(17(18,19)20)10-23(16)12-3-5-13(6-4-12)26(2,24)25;1-10-3-2-4-13(21-10)15-22-14(16(17,18)19)9-23(15)11-5-7-12(8-6-11)26(20,24)25;1-12-11-19(16(18-12)13-4-3-9-17-10-13)14-5-7-15(8-6-14)22(2,20)21/h3-10H,1-2H3;2-9H,1H3,(H2,20,24,25);3-11H,1-2H3. The van der Waals surface area contributed by atoms with Crippen LogP contribution in [0.15, 0.2) is 167 Å². The van der Waals surface area contributed by atoms with Crippen molar-refractivity contribution >= 4 is 29.7 Å². The first-order valence-corrected chi connectivity index (χ1v) is 26.8. The molecule has 0 fully saturated rings. The first-order valence-electron chi connectivity index (χ1n) is 21.5. The molecule has 0 saturated heterocycles. The summed E-state index contributed by atoms with van der Waals surface area (Å²) in [6.07, 6.45) is 3.11. The molecule has 0 saturated carbocycles.